The van der Waals surface area contributed by atoms with E-state index in [1.807, 2.05) is 0 Å². The predicted octanol–water partition coefficient (Wildman–Crippen LogP) is 3.66. The van der Waals surface area contributed by atoms with Crippen molar-refractivity contribution in [3.63, 3.8) is 0 Å². The van der Waals surface area contributed by atoms with Gasteiger partial charge in [-0.2, -0.15) is 0 Å². The third-order valence-electron chi connectivity index (χ3n) is 2.12. The maximum atomic E-state index is 11.5. The highest BCUT2D eigenvalue weighted by molar-refractivity contribution is 6.30. The van der Waals surface area contributed by atoms with Gasteiger partial charge >= 0.3 is 6.09 Å². The molecule has 2 N–H and O–H groups in total. The number of anilines is 1. The van der Waals surface area contributed by atoms with Gasteiger partial charge in [-0.1, -0.05) is 17.7 Å². The number of halogens is 1. The summed E-state index contributed by atoms with van der Waals surface area (Å²) in [5.74, 6) is 0.449. The minimum atomic E-state index is -0.622. The molecule has 92 valence electrons. The Morgan fingerprint density at radius 1 is 1.17 bits per heavy atom. The van der Waals surface area contributed by atoms with E-state index in [2.05, 4.69) is 5.32 Å². The minimum Gasteiger partial charge on any atom is -0.508 e. The van der Waals surface area contributed by atoms with Crippen molar-refractivity contribution in [2.45, 2.75) is 0 Å². The Bertz CT molecular complexity index is 554. The largest absolute Gasteiger partial charge is 0.508 e. The SMILES string of the molecule is O=C(Nc1cccc(Cl)c1)Oc1ccc(O)cc1. The topological polar surface area (TPSA) is 58.6 Å². The van der Waals surface area contributed by atoms with Crippen LogP contribution in [0.2, 0.25) is 5.02 Å². The summed E-state index contributed by atoms with van der Waals surface area (Å²) in [7, 11) is 0. The van der Waals surface area contributed by atoms with E-state index >= 15 is 0 Å². The lowest BCUT2D eigenvalue weighted by atomic mass is 10.3. The van der Waals surface area contributed by atoms with Gasteiger partial charge in [0.25, 0.3) is 0 Å². The number of nitrogens with one attached hydrogen (secondary N) is 1. The van der Waals surface area contributed by atoms with Crippen molar-refractivity contribution >= 4 is 23.4 Å². The van der Waals surface area contributed by atoms with Gasteiger partial charge in [0.1, 0.15) is 11.5 Å². The van der Waals surface area contributed by atoms with E-state index in [0.717, 1.165) is 0 Å². The second kappa shape index (κ2) is 5.42. The molecule has 0 aliphatic heterocycles. The van der Waals surface area contributed by atoms with Crippen molar-refractivity contribution in [1.82, 2.24) is 0 Å². The Hall–Kier alpha value is -2.20. The van der Waals surface area contributed by atoms with Crippen LogP contribution >= 0.6 is 11.6 Å². The number of phenolic OH excluding ortho intramolecular Hbond substituents is 1. The molecule has 0 heterocycles. The number of hydrogen-bond donors (Lipinski definition) is 2. The van der Waals surface area contributed by atoms with Gasteiger partial charge in [0, 0.05) is 10.7 Å². The van der Waals surface area contributed by atoms with Crippen molar-refractivity contribution in [1.29, 1.82) is 0 Å². The molecule has 0 saturated carbocycles. The van der Waals surface area contributed by atoms with Crippen LogP contribution in [0.5, 0.6) is 11.5 Å². The molecule has 1 amide bonds. The quantitative estimate of drug-likeness (QED) is 0.869. The lowest BCUT2D eigenvalue weighted by Crippen LogP contribution is -2.16. The molecule has 2 aromatic rings. The Labute approximate surface area is 109 Å². The van der Waals surface area contributed by atoms with E-state index in [9.17, 15) is 4.79 Å². The maximum Gasteiger partial charge on any atom is 0.417 e. The van der Waals surface area contributed by atoms with Crippen molar-refractivity contribution in [3.05, 3.63) is 53.6 Å². The molecule has 0 unspecified atom stereocenters. The Kier molecular flexibility index (Phi) is 3.69. The number of aromatic hydroxyl groups is 1. The third-order valence-corrected chi connectivity index (χ3v) is 2.35. The number of rotatable bonds is 2. The summed E-state index contributed by atoms with van der Waals surface area (Å²) in [6, 6.07) is 12.6. The van der Waals surface area contributed by atoms with Gasteiger partial charge in [-0.3, -0.25) is 5.32 Å². The molecular weight excluding hydrogens is 254 g/mol. The number of phenols is 1. The van der Waals surface area contributed by atoms with E-state index in [-0.39, 0.29) is 5.75 Å². The highest BCUT2D eigenvalue weighted by atomic mass is 35.5. The summed E-state index contributed by atoms with van der Waals surface area (Å²) in [5.41, 5.74) is 0.547. The summed E-state index contributed by atoms with van der Waals surface area (Å²) in [6.45, 7) is 0. The van der Waals surface area contributed by atoms with Gasteiger partial charge in [0.15, 0.2) is 0 Å². The fourth-order valence-corrected chi connectivity index (χ4v) is 1.52. The number of carbonyl (C=O) groups excluding carboxylic acids is 1. The number of carbonyl (C=O) groups is 1. The van der Waals surface area contributed by atoms with Crippen LogP contribution in [-0.4, -0.2) is 11.2 Å². The first-order valence-corrected chi connectivity index (χ1v) is 5.55. The third kappa shape index (κ3) is 3.40. The average Bonchev–Trinajstić information content (AvgIpc) is 2.32. The molecule has 18 heavy (non-hydrogen) atoms. The monoisotopic (exact) mass is 263 g/mol. The van der Waals surface area contributed by atoms with Crippen molar-refractivity contribution in [2.24, 2.45) is 0 Å². The van der Waals surface area contributed by atoms with Crippen molar-refractivity contribution in [2.75, 3.05) is 5.32 Å². The summed E-state index contributed by atoms with van der Waals surface area (Å²) in [4.78, 5) is 11.5. The van der Waals surface area contributed by atoms with Crippen LogP contribution in [-0.2, 0) is 0 Å². The minimum absolute atomic E-state index is 0.109. The normalized spacial score (nSPS) is 9.83. The highest BCUT2D eigenvalue weighted by Crippen LogP contribution is 2.18. The Balaban J connectivity index is 1.98. The fourth-order valence-electron chi connectivity index (χ4n) is 1.33. The molecule has 0 bridgehead atoms. The summed E-state index contributed by atoms with van der Waals surface area (Å²) in [6.07, 6.45) is -0.622. The molecule has 2 aromatic carbocycles. The lowest BCUT2D eigenvalue weighted by molar-refractivity contribution is 0.215. The smallest absolute Gasteiger partial charge is 0.417 e. The van der Waals surface area contributed by atoms with Crippen LogP contribution in [0.1, 0.15) is 0 Å². The molecule has 0 atom stereocenters. The van der Waals surface area contributed by atoms with E-state index in [1.54, 1.807) is 24.3 Å². The van der Waals surface area contributed by atoms with Gasteiger partial charge in [-0.15, -0.1) is 0 Å². The van der Waals surface area contributed by atoms with Gasteiger partial charge < -0.3 is 9.84 Å². The van der Waals surface area contributed by atoms with Gasteiger partial charge in [-0.25, -0.2) is 4.79 Å². The molecule has 0 saturated heterocycles. The van der Waals surface area contributed by atoms with Gasteiger partial charge in [-0.05, 0) is 42.5 Å². The second-order valence-corrected chi connectivity index (χ2v) is 3.96. The van der Waals surface area contributed by atoms with E-state index in [0.29, 0.717) is 16.5 Å². The number of amides is 1. The zero-order chi connectivity index (χ0) is 13.0. The Morgan fingerprint density at radius 2 is 1.89 bits per heavy atom. The standard InChI is InChI=1S/C13H10ClNO3/c14-9-2-1-3-10(8-9)15-13(17)18-12-6-4-11(16)5-7-12/h1-8,16H,(H,15,17). The summed E-state index contributed by atoms with van der Waals surface area (Å²) < 4.78 is 5.01. The Morgan fingerprint density at radius 3 is 2.56 bits per heavy atom. The zero-order valence-corrected chi connectivity index (χ0v) is 10.0. The fraction of sp³-hybridized carbons (Fsp3) is 0. The summed E-state index contributed by atoms with van der Waals surface area (Å²) >= 11 is 5.79. The molecule has 0 spiro atoms. The van der Waals surface area contributed by atoms with Gasteiger partial charge in [0.05, 0.1) is 0 Å². The molecule has 0 fully saturated rings. The molecular formula is C13H10ClNO3. The average molecular weight is 264 g/mol. The first-order valence-electron chi connectivity index (χ1n) is 5.17. The van der Waals surface area contributed by atoms with Crippen LogP contribution in [0.15, 0.2) is 48.5 Å². The molecule has 5 heteroatoms. The first kappa shape index (κ1) is 12.3. The van der Waals surface area contributed by atoms with E-state index < -0.39 is 6.09 Å². The number of benzene rings is 2. The molecule has 0 radical (unpaired) electrons. The highest BCUT2D eigenvalue weighted by Gasteiger charge is 2.05. The maximum absolute atomic E-state index is 11.5. The lowest BCUT2D eigenvalue weighted by Gasteiger charge is -2.06. The van der Waals surface area contributed by atoms with Crippen LogP contribution in [0.25, 0.3) is 0 Å². The molecule has 0 aliphatic carbocycles. The van der Waals surface area contributed by atoms with Crippen LogP contribution in [0.3, 0.4) is 0 Å². The van der Waals surface area contributed by atoms with Crippen LogP contribution in [0.4, 0.5) is 10.5 Å². The molecule has 0 aromatic heterocycles. The van der Waals surface area contributed by atoms with Crippen molar-refractivity contribution < 1.29 is 14.6 Å². The van der Waals surface area contributed by atoms with E-state index in [1.165, 1.54) is 24.3 Å². The van der Waals surface area contributed by atoms with Crippen molar-refractivity contribution in [3.8, 4) is 11.5 Å². The van der Waals surface area contributed by atoms with Crippen LogP contribution in [0, 0.1) is 0 Å². The van der Waals surface area contributed by atoms with E-state index in [4.69, 9.17) is 21.4 Å². The summed E-state index contributed by atoms with van der Waals surface area (Å²) in [5, 5.41) is 12.1. The number of ether oxygens (including phenoxy) is 1. The second-order valence-electron chi connectivity index (χ2n) is 3.52. The zero-order valence-electron chi connectivity index (χ0n) is 9.26. The first-order chi connectivity index (χ1) is 8.63. The van der Waals surface area contributed by atoms with Gasteiger partial charge in [0.2, 0.25) is 0 Å². The predicted molar refractivity (Wildman–Crippen MR) is 69.2 cm³/mol. The number of hydrogen-bond acceptors (Lipinski definition) is 3. The molecule has 2 rings (SSSR count). The molecule has 0 aliphatic rings. The van der Waals surface area contributed by atoms with Crippen LogP contribution < -0.4 is 10.1 Å². The molecule has 4 nitrogen and oxygen atoms in total.